The molecule has 0 aromatic carbocycles. The van der Waals surface area contributed by atoms with E-state index in [0.29, 0.717) is 18.9 Å². The summed E-state index contributed by atoms with van der Waals surface area (Å²) in [5, 5.41) is 0. The molecule has 2 unspecified atom stereocenters. The minimum absolute atomic E-state index is 0.00546. The molecular weight excluding hydrogens is 238 g/mol. The van der Waals surface area contributed by atoms with E-state index in [4.69, 9.17) is 4.74 Å². The summed E-state index contributed by atoms with van der Waals surface area (Å²) in [7, 11) is -1.13. The normalized spacial score (nSPS) is 19.8. The van der Waals surface area contributed by atoms with Gasteiger partial charge in [0.15, 0.2) is 0 Å². The summed E-state index contributed by atoms with van der Waals surface area (Å²) in [5.74, 6) is 0.272. The lowest BCUT2D eigenvalue weighted by atomic mass is 10.1. The zero-order valence-corrected chi connectivity index (χ0v) is 11.9. The number of rotatable bonds is 6. The van der Waals surface area contributed by atoms with E-state index in [0.717, 1.165) is 12.8 Å². The van der Waals surface area contributed by atoms with Crippen LogP contribution in [0.1, 0.15) is 47.0 Å². The van der Waals surface area contributed by atoms with Gasteiger partial charge in [-0.15, -0.1) is 0 Å². The molecule has 1 aliphatic carbocycles. The molecule has 0 heterocycles. The van der Waals surface area contributed by atoms with Crippen LogP contribution in [0.4, 0.5) is 0 Å². The van der Waals surface area contributed by atoms with Gasteiger partial charge >= 0.3 is 5.97 Å². The first-order chi connectivity index (χ1) is 7.84. The average molecular weight is 261 g/mol. The topological polar surface area (TPSA) is 55.4 Å². The van der Waals surface area contributed by atoms with Crippen LogP contribution in [-0.2, 0) is 20.5 Å². The molecule has 0 radical (unpaired) electrons. The minimum atomic E-state index is -1.13. The lowest BCUT2D eigenvalue weighted by Crippen LogP contribution is -2.42. The molecule has 1 rings (SSSR count). The molecule has 5 heteroatoms. The number of carbonyl (C=O) groups excluding carboxylic acids is 1. The Balaban J connectivity index is 2.49. The SMILES string of the molecule is CCOC(=O)CC(NS(=O)C(C)(C)C)C1CC1. The van der Waals surface area contributed by atoms with Crippen molar-refractivity contribution in [2.24, 2.45) is 5.92 Å². The highest BCUT2D eigenvalue weighted by molar-refractivity contribution is 7.84. The predicted octanol–water partition coefficient (Wildman–Crippen LogP) is 1.77. The van der Waals surface area contributed by atoms with E-state index >= 15 is 0 Å². The Morgan fingerprint density at radius 3 is 2.47 bits per heavy atom. The zero-order valence-electron chi connectivity index (χ0n) is 11.1. The predicted molar refractivity (Wildman–Crippen MR) is 68.8 cm³/mol. The largest absolute Gasteiger partial charge is 0.466 e. The molecule has 0 amide bonds. The van der Waals surface area contributed by atoms with Gasteiger partial charge in [0.25, 0.3) is 0 Å². The van der Waals surface area contributed by atoms with Gasteiger partial charge in [0.05, 0.1) is 28.8 Å². The third-order valence-electron chi connectivity index (χ3n) is 2.70. The number of hydrogen-bond acceptors (Lipinski definition) is 3. The van der Waals surface area contributed by atoms with Crippen molar-refractivity contribution >= 4 is 17.0 Å². The third-order valence-corrected chi connectivity index (χ3v) is 4.33. The zero-order chi connectivity index (χ0) is 13.1. The van der Waals surface area contributed by atoms with Gasteiger partial charge in [-0.3, -0.25) is 4.79 Å². The molecule has 0 aromatic rings. The molecule has 1 N–H and O–H groups in total. The Morgan fingerprint density at radius 1 is 1.47 bits per heavy atom. The van der Waals surface area contributed by atoms with Crippen molar-refractivity contribution in [1.29, 1.82) is 0 Å². The molecule has 0 aliphatic heterocycles. The summed E-state index contributed by atoms with van der Waals surface area (Å²) in [5.41, 5.74) is 0. The summed E-state index contributed by atoms with van der Waals surface area (Å²) in [6.45, 7) is 7.96. The standard InChI is InChI=1S/C12H23NO3S/c1-5-16-11(14)8-10(9-6-7-9)13-17(15)12(2,3)4/h9-10,13H,5-8H2,1-4H3. The van der Waals surface area contributed by atoms with Gasteiger partial charge in [0.2, 0.25) is 0 Å². The quantitative estimate of drug-likeness (QED) is 0.741. The Bertz CT molecular complexity index is 295. The number of carbonyl (C=O) groups is 1. The molecule has 1 fully saturated rings. The van der Waals surface area contributed by atoms with Crippen LogP contribution in [0.5, 0.6) is 0 Å². The van der Waals surface area contributed by atoms with Crippen LogP contribution in [0, 0.1) is 5.92 Å². The van der Waals surface area contributed by atoms with Crippen molar-refractivity contribution in [3.05, 3.63) is 0 Å². The van der Waals surface area contributed by atoms with E-state index < -0.39 is 11.0 Å². The van der Waals surface area contributed by atoms with Crippen LogP contribution in [0.25, 0.3) is 0 Å². The summed E-state index contributed by atoms with van der Waals surface area (Å²) in [4.78, 5) is 11.5. The second-order valence-corrected chi connectivity index (χ2v) is 7.45. The Hall–Kier alpha value is -0.420. The van der Waals surface area contributed by atoms with Gasteiger partial charge in [-0.2, -0.15) is 0 Å². The summed E-state index contributed by atoms with van der Waals surface area (Å²) in [6.07, 6.45) is 2.54. The second kappa shape index (κ2) is 5.96. The van der Waals surface area contributed by atoms with Crippen molar-refractivity contribution in [2.75, 3.05) is 6.61 Å². The molecule has 0 saturated heterocycles. The molecule has 0 spiro atoms. The van der Waals surface area contributed by atoms with Crippen LogP contribution in [0.2, 0.25) is 0 Å². The lowest BCUT2D eigenvalue weighted by molar-refractivity contribution is -0.143. The number of ether oxygens (including phenoxy) is 1. The molecular formula is C12H23NO3S. The first-order valence-corrected chi connectivity index (χ1v) is 7.33. The van der Waals surface area contributed by atoms with Crippen molar-refractivity contribution in [1.82, 2.24) is 4.72 Å². The smallest absolute Gasteiger partial charge is 0.307 e. The van der Waals surface area contributed by atoms with Gasteiger partial charge in [0, 0.05) is 6.04 Å². The van der Waals surface area contributed by atoms with Gasteiger partial charge in [-0.25, -0.2) is 8.93 Å². The summed E-state index contributed by atoms with van der Waals surface area (Å²) >= 11 is 0. The van der Waals surface area contributed by atoms with E-state index in [9.17, 15) is 9.00 Å². The van der Waals surface area contributed by atoms with E-state index in [1.165, 1.54) is 0 Å². The van der Waals surface area contributed by atoms with Crippen LogP contribution in [0.3, 0.4) is 0 Å². The van der Waals surface area contributed by atoms with Crippen molar-refractivity contribution in [3.8, 4) is 0 Å². The van der Waals surface area contributed by atoms with Gasteiger partial charge < -0.3 is 4.74 Å². The highest BCUT2D eigenvalue weighted by Crippen LogP contribution is 2.34. The van der Waals surface area contributed by atoms with Crippen molar-refractivity contribution in [2.45, 2.75) is 57.7 Å². The first kappa shape index (κ1) is 14.6. The van der Waals surface area contributed by atoms with Crippen LogP contribution >= 0.6 is 0 Å². The number of esters is 1. The molecule has 0 bridgehead atoms. The van der Waals surface area contributed by atoms with E-state index in [-0.39, 0.29) is 16.8 Å². The highest BCUT2D eigenvalue weighted by atomic mass is 32.2. The number of hydrogen-bond donors (Lipinski definition) is 1. The van der Waals surface area contributed by atoms with Crippen LogP contribution in [0.15, 0.2) is 0 Å². The molecule has 2 atom stereocenters. The van der Waals surface area contributed by atoms with Gasteiger partial charge in [-0.05, 0) is 46.5 Å². The summed E-state index contributed by atoms with van der Waals surface area (Å²) < 4.78 is 19.7. The first-order valence-electron chi connectivity index (χ1n) is 6.18. The fourth-order valence-electron chi connectivity index (χ4n) is 1.52. The number of nitrogens with one attached hydrogen (secondary N) is 1. The fraction of sp³-hybridized carbons (Fsp3) is 0.917. The molecule has 1 aliphatic rings. The average Bonchev–Trinajstić information content (AvgIpc) is 2.98. The maximum Gasteiger partial charge on any atom is 0.307 e. The van der Waals surface area contributed by atoms with E-state index in [1.54, 1.807) is 6.92 Å². The van der Waals surface area contributed by atoms with Crippen LogP contribution < -0.4 is 4.72 Å². The van der Waals surface area contributed by atoms with Crippen molar-refractivity contribution < 1.29 is 13.7 Å². The van der Waals surface area contributed by atoms with Crippen molar-refractivity contribution in [3.63, 3.8) is 0 Å². The monoisotopic (exact) mass is 261 g/mol. The third kappa shape index (κ3) is 5.17. The van der Waals surface area contributed by atoms with E-state index in [2.05, 4.69) is 4.72 Å². The molecule has 17 heavy (non-hydrogen) atoms. The van der Waals surface area contributed by atoms with Crippen LogP contribution in [-0.4, -0.2) is 27.6 Å². The maximum atomic E-state index is 12.0. The molecule has 4 nitrogen and oxygen atoms in total. The highest BCUT2D eigenvalue weighted by Gasteiger charge is 2.35. The summed E-state index contributed by atoms with van der Waals surface area (Å²) in [6, 6.07) is -0.00546. The molecule has 100 valence electrons. The van der Waals surface area contributed by atoms with Gasteiger partial charge in [0.1, 0.15) is 0 Å². The Kier molecular flexibility index (Phi) is 5.13. The second-order valence-electron chi connectivity index (χ2n) is 5.45. The Labute approximate surface area is 106 Å². The fourth-order valence-corrected chi connectivity index (χ4v) is 2.42. The molecule has 1 saturated carbocycles. The minimum Gasteiger partial charge on any atom is -0.466 e. The lowest BCUT2D eigenvalue weighted by Gasteiger charge is -2.23. The van der Waals surface area contributed by atoms with Gasteiger partial charge in [-0.1, -0.05) is 0 Å². The molecule has 0 aromatic heterocycles. The van der Waals surface area contributed by atoms with E-state index in [1.807, 2.05) is 20.8 Å². The Morgan fingerprint density at radius 2 is 2.06 bits per heavy atom. The maximum absolute atomic E-state index is 12.0.